The van der Waals surface area contributed by atoms with E-state index in [-0.39, 0.29) is 5.56 Å². The first kappa shape index (κ1) is 7.88. The molecule has 68 valence electrons. The largest absolute Gasteiger partial charge is 0.395 e. The van der Waals surface area contributed by atoms with Gasteiger partial charge in [0.1, 0.15) is 11.9 Å². The number of hydrazine groups is 1. The van der Waals surface area contributed by atoms with Gasteiger partial charge in [-0.3, -0.25) is 4.79 Å². The lowest BCUT2D eigenvalue weighted by molar-refractivity contribution is 0.158. The number of rotatable bonds is 1. The van der Waals surface area contributed by atoms with E-state index < -0.39 is 0 Å². The zero-order chi connectivity index (χ0) is 9.26. The Kier molecular flexibility index (Phi) is 1.79. The first-order valence-corrected chi connectivity index (χ1v) is 3.84. The number of aromatic nitrogens is 1. The molecule has 0 aliphatic carbocycles. The van der Waals surface area contributed by atoms with E-state index >= 15 is 0 Å². The van der Waals surface area contributed by atoms with Gasteiger partial charge in [0.25, 0.3) is 5.56 Å². The topological polar surface area (TPSA) is 57.4 Å². The molecule has 0 fully saturated rings. The molecule has 0 bridgehead atoms. The summed E-state index contributed by atoms with van der Waals surface area (Å²) in [4.78, 5) is 18.8. The van der Waals surface area contributed by atoms with Crippen molar-refractivity contribution in [1.82, 2.24) is 10.6 Å². The third kappa shape index (κ3) is 1.41. The Morgan fingerprint density at radius 2 is 2.31 bits per heavy atom. The van der Waals surface area contributed by atoms with Crippen LogP contribution in [0, 0.1) is 6.92 Å². The molecule has 5 nitrogen and oxygen atoms in total. The van der Waals surface area contributed by atoms with Crippen LogP contribution >= 0.6 is 0 Å². The van der Waals surface area contributed by atoms with Gasteiger partial charge in [0.15, 0.2) is 0 Å². The fraction of sp³-hybridized carbons (Fsp3) is 0.125. The van der Waals surface area contributed by atoms with Gasteiger partial charge in [0, 0.05) is 5.69 Å². The maximum absolute atomic E-state index is 11.4. The Labute approximate surface area is 74.6 Å². The van der Waals surface area contributed by atoms with E-state index in [1.54, 1.807) is 12.3 Å². The lowest BCUT2D eigenvalue weighted by atomic mass is 10.3. The second kappa shape index (κ2) is 2.95. The van der Waals surface area contributed by atoms with Gasteiger partial charge in [-0.25, -0.2) is 5.01 Å². The predicted octanol–water partition coefficient (Wildman–Crippen LogP) is 0.411. The minimum atomic E-state index is -0.150. The van der Waals surface area contributed by atoms with Crippen LogP contribution in [-0.4, -0.2) is 4.98 Å². The number of nitrogens with one attached hydrogen (secondary N) is 2. The number of nitrogens with zero attached hydrogens (tertiary/aromatic N) is 1. The Balaban J connectivity index is 2.40. The van der Waals surface area contributed by atoms with E-state index in [1.165, 1.54) is 11.3 Å². The summed E-state index contributed by atoms with van der Waals surface area (Å²) in [5, 5.41) is 1.50. The standard InChI is InChI=1S/C8H9N3O2/c1-6-2-3-7(8(12)9-6)11-4-5-13-10-11/h2-5,10H,1H3,(H,9,12). The van der Waals surface area contributed by atoms with E-state index in [1.807, 2.05) is 13.0 Å². The van der Waals surface area contributed by atoms with Gasteiger partial charge in [-0.2, -0.15) is 0 Å². The van der Waals surface area contributed by atoms with Gasteiger partial charge in [0.2, 0.25) is 0 Å². The number of anilines is 1. The molecule has 2 heterocycles. The van der Waals surface area contributed by atoms with Crippen molar-refractivity contribution in [2.75, 3.05) is 5.01 Å². The lowest BCUT2D eigenvalue weighted by Gasteiger charge is -2.12. The number of hydrogen-bond acceptors (Lipinski definition) is 4. The molecule has 5 heteroatoms. The van der Waals surface area contributed by atoms with E-state index in [4.69, 9.17) is 4.84 Å². The molecule has 1 aliphatic rings. The van der Waals surface area contributed by atoms with E-state index in [2.05, 4.69) is 10.6 Å². The summed E-state index contributed by atoms with van der Waals surface area (Å²) in [6, 6.07) is 3.55. The van der Waals surface area contributed by atoms with Crippen molar-refractivity contribution in [3.63, 3.8) is 0 Å². The van der Waals surface area contributed by atoms with Gasteiger partial charge in [-0.15, -0.1) is 0 Å². The van der Waals surface area contributed by atoms with E-state index in [0.717, 1.165) is 5.69 Å². The Morgan fingerprint density at radius 1 is 1.46 bits per heavy atom. The average Bonchev–Trinajstić information content (AvgIpc) is 2.56. The van der Waals surface area contributed by atoms with Gasteiger partial charge in [0.05, 0.1) is 6.20 Å². The minimum Gasteiger partial charge on any atom is -0.395 e. The van der Waals surface area contributed by atoms with Crippen LogP contribution in [0.2, 0.25) is 0 Å². The number of aromatic amines is 1. The predicted molar refractivity (Wildman–Crippen MR) is 47.6 cm³/mol. The highest BCUT2D eigenvalue weighted by atomic mass is 16.7. The van der Waals surface area contributed by atoms with Gasteiger partial charge >= 0.3 is 0 Å². The molecular weight excluding hydrogens is 170 g/mol. The van der Waals surface area contributed by atoms with Crippen molar-refractivity contribution in [2.24, 2.45) is 0 Å². The van der Waals surface area contributed by atoms with Gasteiger partial charge < -0.3 is 9.82 Å². The summed E-state index contributed by atoms with van der Waals surface area (Å²) in [5.41, 5.74) is 3.72. The average molecular weight is 179 g/mol. The molecule has 0 saturated carbocycles. The maximum Gasteiger partial charge on any atom is 0.273 e. The minimum absolute atomic E-state index is 0.150. The van der Waals surface area contributed by atoms with Crippen LogP contribution in [0.3, 0.4) is 0 Å². The monoisotopic (exact) mass is 179 g/mol. The SMILES string of the molecule is Cc1ccc(N2C=CON2)c(=O)[nH]1. The van der Waals surface area contributed by atoms with Crippen LogP contribution in [0.1, 0.15) is 5.69 Å². The number of aryl methyl sites for hydroxylation is 1. The fourth-order valence-corrected chi connectivity index (χ4v) is 1.09. The third-order valence-corrected chi connectivity index (χ3v) is 1.72. The number of hydrogen-bond donors (Lipinski definition) is 2. The first-order valence-electron chi connectivity index (χ1n) is 3.84. The molecule has 2 N–H and O–H groups in total. The summed E-state index contributed by atoms with van der Waals surface area (Å²) in [7, 11) is 0. The van der Waals surface area contributed by atoms with Gasteiger partial charge in [-0.1, -0.05) is 5.59 Å². The van der Waals surface area contributed by atoms with Crippen LogP contribution in [0.5, 0.6) is 0 Å². The molecule has 13 heavy (non-hydrogen) atoms. The molecule has 0 aromatic carbocycles. The van der Waals surface area contributed by atoms with Crippen LogP contribution in [0.4, 0.5) is 5.69 Å². The number of H-pyrrole nitrogens is 1. The molecule has 0 unspecified atom stereocenters. The molecular formula is C8H9N3O2. The second-order valence-corrected chi connectivity index (χ2v) is 2.72. The highest BCUT2D eigenvalue weighted by Gasteiger charge is 2.10. The van der Waals surface area contributed by atoms with Crippen molar-refractivity contribution < 1.29 is 4.84 Å². The van der Waals surface area contributed by atoms with Crippen molar-refractivity contribution in [2.45, 2.75) is 6.92 Å². The lowest BCUT2D eigenvalue weighted by Crippen LogP contribution is -2.32. The Hall–Kier alpha value is -1.75. The molecule has 0 atom stereocenters. The van der Waals surface area contributed by atoms with Crippen molar-refractivity contribution in [1.29, 1.82) is 0 Å². The van der Waals surface area contributed by atoms with Crippen molar-refractivity contribution in [3.8, 4) is 0 Å². The van der Waals surface area contributed by atoms with Crippen molar-refractivity contribution >= 4 is 5.69 Å². The molecule has 0 radical (unpaired) electrons. The summed E-state index contributed by atoms with van der Waals surface area (Å²) in [6.45, 7) is 1.83. The third-order valence-electron chi connectivity index (χ3n) is 1.72. The van der Waals surface area contributed by atoms with E-state index in [0.29, 0.717) is 5.69 Å². The number of pyridine rings is 1. The summed E-state index contributed by atoms with van der Waals surface area (Å²) in [5.74, 6) is 0. The van der Waals surface area contributed by atoms with Crippen LogP contribution < -0.4 is 16.2 Å². The molecule has 0 amide bonds. The molecule has 0 spiro atoms. The highest BCUT2D eigenvalue weighted by molar-refractivity contribution is 5.46. The second-order valence-electron chi connectivity index (χ2n) is 2.72. The van der Waals surface area contributed by atoms with Crippen molar-refractivity contribution in [3.05, 3.63) is 40.6 Å². The molecule has 2 rings (SSSR count). The first-order chi connectivity index (χ1) is 6.27. The zero-order valence-electron chi connectivity index (χ0n) is 7.07. The summed E-state index contributed by atoms with van der Waals surface area (Å²) >= 11 is 0. The Bertz CT molecular complexity index is 397. The highest BCUT2D eigenvalue weighted by Crippen LogP contribution is 2.08. The summed E-state index contributed by atoms with van der Waals surface area (Å²) < 4.78 is 0. The normalized spacial score (nSPS) is 14.7. The smallest absolute Gasteiger partial charge is 0.273 e. The van der Waals surface area contributed by atoms with Crippen LogP contribution in [-0.2, 0) is 4.84 Å². The maximum atomic E-state index is 11.4. The fourth-order valence-electron chi connectivity index (χ4n) is 1.09. The summed E-state index contributed by atoms with van der Waals surface area (Å²) in [6.07, 6.45) is 3.08. The van der Waals surface area contributed by atoms with Crippen LogP contribution in [0.25, 0.3) is 0 Å². The molecule has 1 aliphatic heterocycles. The Morgan fingerprint density at radius 3 is 2.92 bits per heavy atom. The van der Waals surface area contributed by atoms with Gasteiger partial charge in [-0.05, 0) is 19.1 Å². The molecule has 1 aromatic heterocycles. The van der Waals surface area contributed by atoms with E-state index in [9.17, 15) is 4.79 Å². The molecule has 0 saturated heterocycles. The molecule has 1 aromatic rings. The zero-order valence-corrected chi connectivity index (χ0v) is 7.07. The van der Waals surface area contributed by atoms with Crippen LogP contribution in [0.15, 0.2) is 29.4 Å². The quantitative estimate of drug-likeness (QED) is 0.655.